The average Bonchev–Trinajstić information content (AvgIpc) is 2.06. The summed E-state index contributed by atoms with van der Waals surface area (Å²) in [4.78, 5) is 0. The topological polar surface area (TPSA) is 0 Å². The van der Waals surface area contributed by atoms with Gasteiger partial charge in [-0.2, -0.15) is 0 Å². The molecule has 0 amide bonds. The lowest BCUT2D eigenvalue weighted by atomic mass is 10.8. The fourth-order valence-corrected chi connectivity index (χ4v) is 3.04. The molecule has 0 aliphatic rings. The molecule has 0 spiro atoms. The summed E-state index contributed by atoms with van der Waals surface area (Å²) in [5.41, 5.74) is 1.91. The molecular weight excluding hydrogens is 160 g/mol. The SMILES string of the molecule is C#CC[Si](C=C)(CC#C)CC#C. The van der Waals surface area contributed by atoms with Crippen LogP contribution in [0.5, 0.6) is 0 Å². The van der Waals surface area contributed by atoms with Crippen LogP contribution < -0.4 is 0 Å². The van der Waals surface area contributed by atoms with Crippen molar-refractivity contribution in [2.24, 2.45) is 0 Å². The number of hydrogen-bond donors (Lipinski definition) is 0. The summed E-state index contributed by atoms with van der Waals surface area (Å²) in [5.74, 6) is 7.89. The molecule has 60 valence electrons. The minimum Gasteiger partial charge on any atom is -0.120 e. The maximum absolute atomic E-state index is 5.25. The van der Waals surface area contributed by atoms with Crippen LogP contribution in [0.1, 0.15) is 0 Å². The first-order valence-corrected chi connectivity index (χ1v) is 6.38. The molecule has 0 aliphatic heterocycles. The minimum atomic E-state index is -1.71. The van der Waals surface area contributed by atoms with E-state index in [1.54, 1.807) is 0 Å². The van der Waals surface area contributed by atoms with Gasteiger partial charge in [0, 0.05) is 18.1 Å². The average molecular weight is 172 g/mol. The van der Waals surface area contributed by atoms with Crippen molar-refractivity contribution in [2.45, 2.75) is 18.1 Å². The van der Waals surface area contributed by atoms with Crippen LogP contribution in [0, 0.1) is 37.0 Å². The second-order valence-corrected chi connectivity index (χ2v) is 6.90. The zero-order chi connectivity index (χ0) is 9.45. The van der Waals surface area contributed by atoms with Crippen LogP contribution in [-0.4, -0.2) is 8.07 Å². The van der Waals surface area contributed by atoms with Crippen molar-refractivity contribution in [3.05, 3.63) is 12.3 Å². The van der Waals surface area contributed by atoms with Gasteiger partial charge in [0.25, 0.3) is 0 Å². The van der Waals surface area contributed by atoms with E-state index in [2.05, 4.69) is 24.3 Å². The summed E-state index contributed by atoms with van der Waals surface area (Å²) in [6.07, 6.45) is 15.8. The molecule has 12 heavy (non-hydrogen) atoms. The first kappa shape index (κ1) is 10.6. The smallest absolute Gasteiger partial charge is 0.113 e. The Kier molecular flexibility index (Phi) is 4.71. The van der Waals surface area contributed by atoms with Crippen molar-refractivity contribution in [1.29, 1.82) is 0 Å². The lowest BCUT2D eigenvalue weighted by Crippen LogP contribution is -2.29. The summed E-state index contributed by atoms with van der Waals surface area (Å²) in [6.45, 7) is 3.76. The standard InChI is InChI=1S/C11H12Si/c1-5-9-12(8-4,10-6-2)11-7-3/h1-3,8H,4,9-11H2. The monoisotopic (exact) mass is 172 g/mol. The second-order valence-electron chi connectivity index (χ2n) is 2.71. The van der Waals surface area contributed by atoms with E-state index in [9.17, 15) is 0 Å². The van der Waals surface area contributed by atoms with E-state index >= 15 is 0 Å². The van der Waals surface area contributed by atoms with Crippen LogP contribution in [0.4, 0.5) is 0 Å². The van der Waals surface area contributed by atoms with E-state index in [0.717, 1.165) is 0 Å². The highest BCUT2D eigenvalue weighted by molar-refractivity contribution is 6.86. The Morgan fingerprint density at radius 2 is 1.33 bits per heavy atom. The largest absolute Gasteiger partial charge is 0.120 e. The van der Waals surface area contributed by atoms with Crippen LogP contribution in [0.15, 0.2) is 12.3 Å². The zero-order valence-electron chi connectivity index (χ0n) is 7.14. The third-order valence-electron chi connectivity index (χ3n) is 1.80. The maximum Gasteiger partial charge on any atom is 0.113 e. The molecule has 0 bridgehead atoms. The van der Waals surface area contributed by atoms with E-state index in [1.165, 1.54) is 0 Å². The molecule has 0 aromatic rings. The van der Waals surface area contributed by atoms with Gasteiger partial charge in [0.15, 0.2) is 0 Å². The normalized spacial score (nSPS) is 9.08. The third-order valence-corrected chi connectivity index (χ3v) is 5.39. The molecule has 0 heterocycles. The molecule has 0 radical (unpaired) electrons. The van der Waals surface area contributed by atoms with Crippen LogP contribution in [0.2, 0.25) is 18.1 Å². The van der Waals surface area contributed by atoms with Crippen molar-refractivity contribution < 1.29 is 0 Å². The van der Waals surface area contributed by atoms with Crippen LogP contribution in [0.25, 0.3) is 0 Å². The summed E-state index contributed by atoms with van der Waals surface area (Å²) >= 11 is 0. The van der Waals surface area contributed by atoms with Gasteiger partial charge in [-0.25, -0.2) is 0 Å². The lowest BCUT2D eigenvalue weighted by molar-refractivity contribution is 1.46. The summed E-state index contributed by atoms with van der Waals surface area (Å²) < 4.78 is 0. The van der Waals surface area contributed by atoms with Crippen LogP contribution in [-0.2, 0) is 0 Å². The fourth-order valence-electron chi connectivity index (χ4n) is 1.01. The molecule has 0 aromatic carbocycles. The molecule has 0 fully saturated rings. The first-order chi connectivity index (χ1) is 5.74. The fraction of sp³-hybridized carbons (Fsp3) is 0.273. The van der Waals surface area contributed by atoms with Gasteiger partial charge in [-0.1, -0.05) is 5.70 Å². The summed E-state index contributed by atoms with van der Waals surface area (Å²) in [6, 6.07) is 2.10. The van der Waals surface area contributed by atoms with Crippen molar-refractivity contribution in [3.8, 4) is 37.0 Å². The predicted molar refractivity (Wildman–Crippen MR) is 56.9 cm³/mol. The van der Waals surface area contributed by atoms with Crippen molar-refractivity contribution in [2.75, 3.05) is 0 Å². The van der Waals surface area contributed by atoms with E-state index in [4.69, 9.17) is 19.3 Å². The minimum absolute atomic E-state index is 0.699. The van der Waals surface area contributed by atoms with Gasteiger partial charge in [-0.3, -0.25) is 0 Å². The highest BCUT2D eigenvalue weighted by Crippen LogP contribution is 2.20. The molecule has 1 heteroatoms. The highest BCUT2D eigenvalue weighted by atomic mass is 28.3. The molecule has 0 saturated carbocycles. The van der Waals surface area contributed by atoms with E-state index < -0.39 is 8.07 Å². The quantitative estimate of drug-likeness (QED) is 0.450. The molecule has 0 nitrogen and oxygen atoms in total. The lowest BCUT2D eigenvalue weighted by Gasteiger charge is -2.20. The number of rotatable bonds is 4. The number of hydrogen-bond acceptors (Lipinski definition) is 0. The van der Waals surface area contributed by atoms with Gasteiger partial charge < -0.3 is 0 Å². The molecular formula is C11H12Si. The molecule has 0 N–H and O–H groups in total. The Morgan fingerprint density at radius 1 is 1.00 bits per heavy atom. The maximum atomic E-state index is 5.25. The van der Waals surface area contributed by atoms with E-state index in [1.807, 2.05) is 5.70 Å². The van der Waals surface area contributed by atoms with Gasteiger partial charge in [0.1, 0.15) is 8.07 Å². The van der Waals surface area contributed by atoms with Crippen molar-refractivity contribution in [3.63, 3.8) is 0 Å². The Labute approximate surface area is 76.1 Å². The Balaban J connectivity index is 4.56. The second kappa shape index (κ2) is 5.31. The molecule has 0 unspecified atom stereocenters. The Bertz CT molecular complexity index is 226. The molecule has 0 rings (SSSR count). The third kappa shape index (κ3) is 2.71. The summed E-state index contributed by atoms with van der Waals surface area (Å²) in [7, 11) is -1.71. The van der Waals surface area contributed by atoms with Crippen molar-refractivity contribution in [1.82, 2.24) is 0 Å². The zero-order valence-corrected chi connectivity index (χ0v) is 8.14. The van der Waals surface area contributed by atoms with Gasteiger partial charge in [-0.05, 0) is 0 Å². The Hall–Kier alpha value is -1.36. The Morgan fingerprint density at radius 3 is 1.50 bits per heavy atom. The van der Waals surface area contributed by atoms with Gasteiger partial charge in [0.05, 0.1) is 0 Å². The molecule has 0 saturated heterocycles. The van der Waals surface area contributed by atoms with Gasteiger partial charge >= 0.3 is 0 Å². The molecule has 0 atom stereocenters. The van der Waals surface area contributed by atoms with Crippen LogP contribution >= 0.6 is 0 Å². The van der Waals surface area contributed by atoms with Crippen LogP contribution in [0.3, 0.4) is 0 Å². The predicted octanol–water partition coefficient (Wildman–Crippen LogP) is 2.06. The highest BCUT2D eigenvalue weighted by Gasteiger charge is 2.26. The van der Waals surface area contributed by atoms with Gasteiger partial charge in [0.2, 0.25) is 0 Å². The summed E-state index contributed by atoms with van der Waals surface area (Å²) in [5, 5.41) is 0. The first-order valence-electron chi connectivity index (χ1n) is 3.68. The number of terminal acetylenes is 3. The molecule has 0 aliphatic carbocycles. The van der Waals surface area contributed by atoms with E-state index in [-0.39, 0.29) is 0 Å². The van der Waals surface area contributed by atoms with E-state index in [0.29, 0.717) is 18.1 Å². The van der Waals surface area contributed by atoms with Crippen molar-refractivity contribution >= 4 is 8.07 Å². The van der Waals surface area contributed by atoms with Gasteiger partial charge in [-0.15, -0.1) is 43.6 Å². The molecule has 0 aromatic heterocycles.